The molecule has 2 aliphatic heterocycles. The van der Waals surface area contributed by atoms with Crippen LogP contribution in [0.5, 0.6) is 5.75 Å². The van der Waals surface area contributed by atoms with E-state index < -0.39 is 0 Å². The van der Waals surface area contributed by atoms with Crippen molar-refractivity contribution in [2.45, 2.75) is 50.4 Å². The molecule has 2 saturated heterocycles. The largest absolute Gasteiger partial charge is 0.489 e. The molecule has 4 rings (SSSR count). The highest BCUT2D eigenvalue weighted by molar-refractivity contribution is 5.94. The molecule has 2 aliphatic rings. The molecule has 2 bridgehead atoms. The average molecular weight is 368 g/mol. The van der Waals surface area contributed by atoms with Crippen LogP contribution >= 0.6 is 0 Å². The van der Waals surface area contributed by atoms with Gasteiger partial charge < -0.3 is 15.0 Å². The van der Waals surface area contributed by atoms with Gasteiger partial charge in [-0.3, -0.25) is 4.79 Å². The predicted molar refractivity (Wildman–Crippen MR) is 102 cm³/mol. The number of hydrogen-bond acceptors (Lipinski definition) is 3. The molecule has 2 aromatic rings. The standard InChI is InChI=1S/C22H25FN2O2/c1-25(20-12-18-8-9-19(13-20)24-18)22(26)16-5-2-4-15(10-16)14-27-21-7-3-6-17(23)11-21/h2-7,10-11,18-20,24H,8-9,12-14H2,1H3. The molecule has 2 fully saturated rings. The minimum absolute atomic E-state index is 0.0499. The lowest BCUT2D eigenvalue weighted by molar-refractivity contribution is 0.0681. The molecule has 2 unspecified atom stereocenters. The first-order valence-corrected chi connectivity index (χ1v) is 9.59. The zero-order valence-electron chi connectivity index (χ0n) is 15.5. The van der Waals surface area contributed by atoms with E-state index in [9.17, 15) is 9.18 Å². The Morgan fingerprint density at radius 1 is 1.15 bits per heavy atom. The van der Waals surface area contributed by atoms with Crippen LogP contribution in [0.25, 0.3) is 0 Å². The van der Waals surface area contributed by atoms with E-state index in [1.54, 1.807) is 12.1 Å². The van der Waals surface area contributed by atoms with Gasteiger partial charge in [0.05, 0.1) is 0 Å². The smallest absolute Gasteiger partial charge is 0.253 e. The van der Waals surface area contributed by atoms with E-state index in [2.05, 4.69) is 5.32 Å². The van der Waals surface area contributed by atoms with Gasteiger partial charge in [0.15, 0.2) is 0 Å². The Kier molecular flexibility index (Phi) is 5.12. The summed E-state index contributed by atoms with van der Waals surface area (Å²) >= 11 is 0. The van der Waals surface area contributed by atoms with Gasteiger partial charge in [-0.25, -0.2) is 4.39 Å². The zero-order valence-corrected chi connectivity index (χ0v) is 15.5. The minimum Gasteiger partial charge on any atom is -0.489 e. The maximum atomic E-state index is 13.3. The highest BCUT2D eigenvalue weighted by atomic mass is 19.1. The Balaban J connectivity index is 1.41. The maximum Gasteiger partial charge on any atom is 0.253 e. The Morgan fingerprint density at radius 3 is 2.63 bits per heavy atom. The number of hydrogen-bond donors (Lipinski definition) is 1. The van der Waals surface area contributed by atoms with Crippen LogP contribution in [0.3, 0.4) is 0 Å². The summed E-state index contributed by atoms with van der Waals surface area (Å²) in [7, 11) is 1.91. The Hall–Kier alpha value is -2.40. The molecule has 1 N–H and O–H groups in total. The Labute approximate surface area is 159 Å². The first-order chi connectivity index (χ1) is 13.1. The highest BCUT2D eigenvalue weighted by Crippen LogP contribution is 2.30. The molecule has 142 valence electrons. The van der Waals surface area contributed by atoms with Crippen molar-refractivity contribution in [3.8, 4) is 5.75 Å². The van der Waals surface area contributed by atoms with E-state index in [1.165, 1.54) is 25.0 Å². The van der Waals surface area contributed by atoms with Crippen molar-refractivity contribution < 1.29 is 13.9 Å². The fourth-order valence-corrected chi connectivity index (χ4v) is 4.23. The number of halogens is 1. The normalized spacial score (nSPS) is 23.9. The third-order valence-corrected chi connectivity index (χ3v) is 5.69. The predicted octanol–water partition coefficient (Wildman–Crippen LogP) is 3.76. The fourth-order valence-electron chi connectivity index (χ4n) is 4.23. The lowest BCUT2D eigenvalue weighted by Gasteiger charge is -2.35. The van der Waals surface area contributed by atoms with Crippen LogP contribution in [0.1, 0.15) is 41.6 Å². The van der Waals surface area contributed by atoms with E-state index in [4.69, 9.17) is 4.74 Å². The summed E-state index contributed by atoms with van der Waals surface area (Å²) in [6.07, 6.45) is 4.49. The van der Waals surface area contributed by atoms with E-state index >= 15 is 0 Å². The maximum absolute atomic E-state index is 13.3. The number of carbonyl (C=O) groups excluding carboxylic acids is 1. The van der Waals surface area contributed by atoms with E-state index in [0.717, 1.165) is 18.4 Å². The number of nitrogens with one attached hydrogen (secondary N) is 1. The number of carbonyl (C=O) groups is 1. The van der Waals surface area contributed by atoms with Crippen LogP contribution in [-0.2, 0) is 6.61 Å². The second-order valence-electron chi connectivity index (χ2n) is 7.63. The van der Waals surface area contributed by atoms with Crippen molar-refractivity contribution in [2.24, 2.45) is 0 Å². The molecule has 0 spiro atoms. The minimum atomic E-state index is -0.325. The van der Waals surface area contributed by atoms with Crippen LogP contribution in [0, 0.1) is 5.82 Å². The van der Waals surface area contributed by atoms with Gasteiger partial charge in [-0.15, -0.1) is 0 Å². The highest BCUT2D eigenvalue weighted by Gasteiger charge is 2.36. The summed E-state index contributed by atoms with van der Waals surface area (Å²) in [6, 6.07) is 15.0. The molecule has 2 aromatic carbocycles. The number of amides is 1. The molecule has 5 heteroatoms. The third kappa shape index (κ3) is 4.14. The molecule has 27 heavy (non-hydrogen) atoms. The summed E-state index contributed by atoms with van der Waals surface area (Å²) in [6.45, 7) is 0.297. The van der Waals surface area contributed by atoms with E-state index in [0.29, 0.717) is 36.0 Å². The fraction of sp³-hybridized carbons (Fsp3) is 0.409. The molecule has 2 heterocycles. The van der Waals surface area contributed by atoms with Gasteiger partial charge in [0, 0.05) is 36.8 Å². The lowest BCUT2D eigenvalue weighted by atomic mass is 9.97. The summed E-state index contributed by atoms with van der Waals surface area (Å²) in [4.78, 5) is 14.9. The number of ether oxygens (including phenoxy) is 1. The summed E-state index contributed by atoms with van der Waals surface area (Å²) < 4.78 is 18.9. The molecule has 0 aliphatic carbocycles. The van der Waals surface area contributed by atoms with Crippen molar-refractivity contribution >= 4 is 5.91 Å². The first-order valence-electron chi connectivity index (χ1n) is 9.59. The van der Waals surface area contributed by atoms with Crippen LogP contribution in [0.4, 0.5) is 4.39 Å². The molecule has 0 saturated carbocycles. The van der Waals surface area contributed by atoms with Crippen molar-refractivity contribution in [3.05, 3.63) is 65.5 Å². The van der Waals surface area contributed by atoms with Crippen LogP contribution in [0.15, 0.2) is 48.5 Å². The molecular weight excluding hydrogens is 343 g/mol. The van der Waals surface area contributed by atoms with Gasteiger partial charge >= 0.3 is 0 Å². The van der Waals surface area contributed by atoms with Crippen molar-refractivity contribution in [3.63, 3.8) is 0 Å². The molecule has 0 aromatic heterocycles. The quantitative estimate of drug-likeness (QED) is 0.874. The summed E-state index contributed by atoms with van der Waals surface area (Å²) in [5.41, 5.74) is 1.56. The third-order valence-electron chi connectivity index (χ3n) is 5.69. The molecule has 0 radical (unpaired) electrons. The van der Waals surface area contributed by atoms with Gasteiger partial charge in [0.1, 0.15) is 18.2 Å². The van der Waals surface area contributed by atoms with Gasteiger partial charge in [0.2, 0.25) is 0 Å². The number of nitrogens with zero attached hydrogens (tertiary/aromatic N) is 1. The average Bonchev–Trinajstić information content (AvgIpc) is 3.03. The van der Waals surface area contributed by atoms with Crippen molar-refractivity contribution in [1.82, 2.24) is 10.2 Å². The first kappa shape index (κ1) is 18.0. The molecule has 1 amide bonds. The SMILES string of the molecule is CN(C(=O)c1cccc(COc2cccc(F)c2)c1)C1CC2CCC(C1)N2. The van der Waals surface area contributed by atoms with E-state index in [-0.39, 0.29) is 11.7 Å². The van der Waals surface area contributed by atoms with Crippen LogP contribution < -0.4 is 10.1 Å². The second-order valence-corrected chi connectivity index (χ2v) is 7.63. The summed E-state index contributed by atoms with van der Waals surface area (Å²) in [5.74, 6) is 0.205. The van der Waals surface area contributed by atoms with Gasteiger partial charge in [-0.1, -0.05) is 18.2 Å². The van der Waals surface area contributed by atoms with Crippen molar-refractivity contribution in [1.29, 1.82) is 0 Å². The number of piperidine rings is 1. The monoisotopic (exact) mass is 368 g/mol. The number of rotatable bonds is 5. The topological polar surface area (TPSA) is 41.6 Å². The van der Waals surface area contributed by atoms with E-state index in [1.807, 2.05) is 36.2 Å². The lowest BCUT2D eigenvalue weighted by Crippen LogP contribution is -2.48. The zero-order chi connectivity index (χ0) is 18.8. The second kappa shape index (κ2) is 7.69. The molecule has 2 atom stereocenters. The number of benzene rings is 2. The van der Waals surface area contributed by atoms with Crippen molar-refractivity contribution in [2.75, 3.05) is 7.05 Å². The number of fused-ring (bicyclic) bond motifs is 2. The Bertz CT molecular complexity index is 813. The van der Waals surface area contributed by atoms with Crippen LogP contribution in [0.2, 0.25) is 0 Å². The van der Waals surface area contributed by atoms with Gasteiger partial charge in [-0.2, -0.15) is 0 Å². The Morgan fingerprint density at radius 2 is 1.89 bits per heavy atom. The van der Waals surface area contributed by atoms with Crippen LogP contribution in [-0.4, -0.2) is 36.0 Å². The molecule has 4 nitrogen and oxygen atoms in total. The van der Waals surface area contributed by atoms with Gasteiger partial charge in [0.25, 0.3) is 5.91 Å². The summed E-state index contributed by atoms with van der Waals surface area (Å²) in [5, 5.41) is 3.62. The van der Waals surface area contributed by atoms with Gasteiger partial charge in [-0.05, 0) is 55.5 Å². The molecular formula is C22H25FN2O2.